The second-order valence-electron chi connectivity index (χ2n) is 6.26. The van der Waals surface area contributed by atoms with E-state index < -0.39 is 11.8 Å². The monoisotopic (exact) mass is 345 g/mol. The molecular formula is C20H27NO4. The number of esters is 1. The molecule has 2 rings (SSSR count). The Hall–Kier alpha value is -2.30. The first-order valence-corrected chi connectivity index (χ1v) is 8.94. The second-order valence-corrected chi connectivity index (χ2v) is 6.26. The van der Waals surface area contributed by atoms with Crippen LogP contribution in [0, 0.1) is 11.8 Å². The number of hydrogen-bond donors (Lipinski definition) is 1. The summed E-state index contributed by atoms with van der Waals surface area (Å²) in [5.74, 6) is -0.518. The number of ether oxygens (including phenoxy) is 2. The van der Waals surface area contributed by atoms with Gasteiger partial charge in [-0.05, 0) is 57.4 Å². The lowest BCUT2D eigenvalue weighted by atomic mass is 9.82. The quantitative estimate of drug-likeness (QED) is 0.600. The van der Waals surface area contributed by atoms with Gasteiger partial charge in [-0.1, -0.05) is 19.1 Å². The van der Waals surface area contributed by atoms with Gasteiger partial charge in [0.1, 0.15) is 5.75 Å². The average Bonchev–Trinajstić information content (AvgIpc) is 2.63. The van der Waals surface area contributed by atoms with Crippen LogP contribution in [0.4, 0.5) is 5.69 Å². The van der Waals surface area contributed by atoms with Gasteiger partial charge in [0, 0.05) is 5.69 Å². The van der Waals surface area contributed by atoms with Crippen LogP contribution in [0.3, 0.4) is 0 Å². The maximum absolute atomic E-state index is 12.7. The fourth-order valence-corrected chi connectivity index (χ4v) is 2.77. The van der Waals surface area contributed by atoms with Crippen molar-refractivity contribution < 1.29 is 19.1 Å². The Morgan fingerprint density at radius 2 is 1.76 bits per heavy atom. The molecule has 1 aliphatic carbocycles. The zero-order valence-electron chi connectivity index (χ0n) is 15.2. The van der Waals surface area contributed by atoms with E-state index in [9.17, 15) is 9.59 Å². The summed E-state index contributed by atoms with van der Waals surface area (Å²) in [7, 11) is 0. The van der Waals surface area contributed by atoms with Crippen molar-refractivity contribution in [3.05, 3.63) is 36.4 Å². The lowest BCUT2D eigenvalue weighted by molar-refractivity contribution is -0.157. The molecule has 0 spiro atoms. The summed E-state index contributed by atoms with van der Waals surface area (Å²) in [5.41, 5.74) is 0.692. The molecule has 0 saturated carbocycles. The van der Waals surface area contributed by atoms with Gasteiger partial charge in [-0.2, -0.15) is 0 Å². The molecule has 1 aliphatic rings. The van der Waals surface area contributed by atoms with Crippen LogP contribution in [-0.2, 0) is 14.3 Å². The first-order valence-electron chi connectivity index (χ1n) is 8.94. The summed E-state index contributed by atoms with van der Waals surface area (Å²) in [6.07, 6.45) is 5.61. The van der Waals surface area contributed by atoms with Crippen LogP contribution in [0.5, 0.6) is 5.75 Å². The van der Waals surface area contributed by atoms with E-state index in [1.165, 1.54) is 0 Å². The number of anilines is 1. The molecule has 136 valence electrons. The topological polar surface area (TPSA) is 64.6 Å². The van der Waals surface area contributed by atoms with Gasteiger partial charge in [0.15, 0.2) is 0 Å². The molecule has 0 heterocycles. The van der Waals surface area contributed by atoms with Crippen molar-refractivity contribution in [1.82, 2.24) is 0 Å². The second kappa shape index (κ2) is 9.25. The van der Waals surface area contributed by atoms with Crippen LogP contribution in [0.1, 0.15) is 40.0 Å². The van der Waals surface area contributed by atoms with Crippen molar-refractivity contribution in [3.8, 4) is 5.75 Å². The van der Waals surface area contributed by atoms with E-state index in [2.05, 4.69) is 5.32 Å². The number of nitrogens with one attached hydrogen (secondary N) is 1. The van der Waals surface area contributed by atoms with E-state index in [1.807, 2.05) is 45.1 Å². The molecule has 1 N–H and O–H groups in total. The third-order valence-electron chi connectivity index (χ3n) is 4.40. The molecule has 5 nitrogen and oxygen atoms in total. The van der Waals surface area contributed by atoms with E-state index in [1.54, 1.807) is 12.1 Å². The van der Waals surface area contributed by atoms with Gasteiger partial charge >= 0.3 is 5.97 Å². The average molecular weight is 345 g/mol. The Balaban J connectivity index is 2.02. The molecule has 3 atom stereocenters. The summed E-state index contributed by atoms with van der Waals surface area (Å²) < 4.78 is 10.8. The van der Waals surface area contributed by atoms with Crippen molar-refractivity contribution in [2.75, 3.05) is 11.9 Å². The molecule has 0 fully saturated rings. The Bertz CT molecular complexity index is 609. The fourth-order valence-electron chi connectivity index (χ4n) is 2.77. The Morgan fingerprint density at radius 3 is 2.36 bits per heavy atom. The largest absolute Gasteiger partial charge is 0.494 e. The number of amides is 1. The van der Waals surface area contributed by atoms with Crippen molar-refractivity contribution >= 4 is 17.6 Å². The molecule has 3 unspecified atom stereocenters. The minimum Gasteiger partial charge on any atom is -0.494 e. The maximum Gasteiger partial charge on any atom is 0.310 e. The molecule has 5 heteroatoms. The Labute approximate surface area is 149 Å². The van der Waals surface area contributed by atoms with Crippen LogP contribution >= 0.6 is 0 Å². The molecule has 1 amide bonds. The maximum atomic E-state index is 12.7. The predicted molar refractivity (Wildman–Crippen MR) is 97.4 cm³/mol. The highest BCUT2D eigenvalue weighted by Crippen LogP contribution is 2.29. The van der Waals surface area contributed by atoms with Crippen molar-refractivity contribution in [3.63, 3.8) is 0 Å². The predicted octanol–water partition coefficient (Wildman–Crippen LogP) is 3.95. The van der Waals surface area contributed by atoms with Gasteiger partial charge in [-0.25, -0.2) is 0 Å². The van der Waals surface area contributed by atoms with E-state index in [4.69, 9.17) is 9.47 Å². The molecule has 0 saturated heterocycles. The number of rotatable bonds is 7. The summed E-state index contributed by atoms with van der Waals surface area (Å²) in [4.78, 5) is 25.1. The number of benzene rings is 1. The minimum atomic E-state index is -0.429. The zero-order valence-corrected chi connectivity index (χ0v) is 15.2. The van der Waals surface area contributed by atoms with Gasteiger partial charge in [0.25, 0.3) is 0 Å². The molecule has 0 aliphatic heterocycles. The highest BCUT2D eigenvalue weighted by molar-refractivity contribution is 5.95. The SMILES string of the molecule is CCOc1ccc(NC(=O)C2CC=CCC2C(=O)OC(C)CC)cc1. The normalized spacial score (nSPS) is 20.6. The summed E-state index contributed by atoms with van der Waals surface area (Å²) in [6, 6.07) is 7.23. The fraction of sp³-hybridized carbons (Fsp3) is 0.500. The third-order valence-corrected chi connectivity index (χ3v) is 4.40. The molecule has 1 aromatic rings. The summed E-state index contributed by atoms with van der Waals surface area (Å²) in [6.45, 7) is 6.35. The van der Waals surface area contributed by atoms with Gasteiger partial charge in [0.2, 0.25) is 5.91 Å². The third kappa shape index (κ3) is 5.34. The van der Waals surface area contributed by atoms with Crippen molar-refractivity contribution in [2.24, 2.45) is 11.8 Å². The number of allylic oxidation sites excluding steroid dienone is 2. The van der Waals surface area contributed by atoms with Gasteiger partial charge in [-0.15, -0.1) is 0 Å². The molecule has 1 aromatic carbocycles. The van der Waals surface area contributed by atoms with Crippen LogP contribution in [-0.4, -0.2) is 24.6 Å². The van der Waals surface area contributed by atoms with Crippen molar-refractivity contribution in [1.29, 1.82) is 0 Å². The standard InChI is InChI=1S/C20H27NO4/c1-4-14(3)25-20(23)18-9-7-6-8-17(18)19(22)21-15-10-12-16(13-11-15)24-5-2/h6-7,10-14,17-18H,4-5,8-9H2,1-3H3,(H,21,22). The van der Waals surface area contributed by atoms with Gasteiger partial charge < -0.3 is 14.8 Å². The minimum absolute atomic E-state index is 0.131. The lowest BCUT2D eigenvalue weighted by Crippen LogP contribution is -2.36. The molecule has 0 aromatic heterocycles. The van der Waals surface area contributed by atoms with Gasteiger partial charge in [0.05, 0.1) is 24.5 Å². The van der Waals surface area contributed by atoms with E-state index in [-0.39, 0.29) is 18.0 Å². The highest BCUT2D eigenvalue weighted by Gasteiger charge is 2.35. The van der Waals surface area contributed by atoms with E-state index >= 15 is 0 Å². The molecular weight excluding hydrogens is 318 g/mol. The van der Waals surface area contributed by atoms with E-state index in [0.717, 1.165) is 12.2 Å². The van der Waals surface area contributed by atoms with Crippen LogP contribution in [0.15, 0.2) is 36.4 Å². The Kier molecular flexibility index (Phi) is 7.04. The van der Waals surface area contributed by atoms with Crippen LogP contribution < -0.4 is 10.1 Å². The zero-order chi connectivity index (χ0) is 18.2. The number of hydrogen-bond acceptors (Lipinski definition) is 4. The van der Waals surface area contributed by atoms with Gasteiger partial charge in [-0.3, -0.25) is 9.59 Å². The number of carbonyl (C=O) groups excluding carboxylic acids is 2. The first-order chi connectivity index (χ1) is 12.0. The van der Waals surface area contributed by atoms with Crippen LogP contribution in [0.2, 0.25) is 0 Å². The Morgan fingerprint density at radius 1 is 1.12 bits per heavy atom. The van der Waals surface area contributed by atoms with E-state index in [0.29, 0.717) is 25.1 Å². The first kappa shape index (κ1) is 19.0. The lowest BCUT2D eigenvalue weighted by Gasteiger charge is -2.27. The summed E-state index contributed by atoms with van der Waals surface area (Å²) in [5, 5.41) is 2.90. The smallest absolute Gasteiger partial charge is 0.310 e. The molecule has 0 radical (unpaired) electrons. The molecule has 25 heavy (non-hydrogen) atoms. The van der Waals surface area contributed by atoms with Crippen molar-refractivity contribution in [2.45, 2.75) is 46.1 Å². The summed E-state index contributed by atoms with van der Waals surface area (Å²) >= 11 is 0. The van der Waals surface area contributed by atoms with Crippen LogP contribution in [0.25, 0.3) is 0 Å². The number of carbonyl (C=O) groups is 2. The highest BCUT2D eigenvalue weighted by atomic mass is 16.5. The molecule has 0 bridgehead atoms.